The van der Waals surface area contributed by atoms with Gasteiger partial charge in [0.05, 0.1) is 31.0 Å². The Morgan fingerprint density at radius 2 is 2.00 bits per heavy atom. The van der Waals surface area contributed by atoms with Crippen LogP contribution in [-0.2, 0) is 4.79 Å². The SMILES string of the molecule is CCOc1ccccc1NC(=O)C1=C(C)NC(=S)NC1c1cccc(OC)c1. The summed E-state index contributed by atoms with van der Waals surface area (Å²) in [7, 11) is 1.61. The lowest BCUT2D eigenvalue weighted by Gasteiger charge is -2.30. The number of hydrogen-bond acceptors (Lipinski definition) is 4. The van der Waals surface area contributed by atoms with Gasteiger partial charge in [0.2, 0.25) is 0 Å². The average molecular weight is 398 g/mol. The van der Waals surface area contributed by atoms with E-state index in [4.69, 9.17) is 21.7 Å². The van der Waals surface area contributed by atoms with Crippen molar-refractivity contribution in [1.82, 2.24) is 10.6 Å². The van der Waals surface area contributed by atoms with Crippen LogP contribution in [0.25, 0.3) is 0 Å². The van der Waals surface area contributed by atoms with E-state index in [0.29, 0.717) is 40.2 Å². The second-order valence-electron chi connectivity index (χ2n) is 6.23. The second-order valence-corrected chi connectivity index (χ2v) is 6.64. The Balaban J connectivity index is 1.95. The molecule has 28 heavy (non-hydrogen) atoms. The van der Waals surface area contributed by atoms with Gasteiger partial charge in [-0.25, -0.2) is 0 Å². The van der Waals surface area contributed by atoms with Gasteiger partial charge in [0.25, 0.3) is 5.91 Å². The monoisotopic (exact) mass is 397 g/mol. The van der Waals surface area contributed by atoms with Crippen LogP contribution in [0.15, 0.2) is 59.8 Å². The Labute approximate surface area is 169 Å². The highest BCUT2D eigenvalue weighted by Gasteiger charge is 2.30. The largest absolute Gasteiger partial charge is 0.497 e. The number of para-hydroxylation sites is 2. The first-order valence-corrected chi connectivity index (χ1v) is 9.39. The van der Waals surface area contributed by atoms with Crippen LogP contribution in [0.3, 0.4) is 0 Å². The van der Waals surface area contributed by atoms with Gasteiger partial charge < -0.3 is 25.4 Å². The Morgan fingerprint density at radius 1 is 1.21 bits per heavy atom. The van der Waals surface area contributed by atoms with Crippen molar-refractivity contribution in [2.45, 2.75) is 19.9 Å². The number of anilines is 1. The second kappa shape index (κ2) is 8.75. The Kier molecular flexibility index (Phi) is 6.16. The molecule has 1 atom stereocenters. The molecular weight excluding hydrogens is 374 g/mol. The molecule has 1 unspecified atom stereocenters. The Bertz CT molecular complexity index is 927. The Hall–Kier alpha value is -3.06. The van der Waals surface area contributed by atoms with Gasteiger partial charge in [-0.2, -0.15) is 0 Å². The van der Waals surface area contributed by atoms with Crippen molar-refractivity contribution < 1.29 is 14.3 Å². The number of allylic oxidation sites excluding steroid dienone is 1. The fourth-order valence-corrected chi connectivity index (χ4v) is 3.38. The summed E-state index contributed by atoms with van der Waals surface area (Å²) in [5.74, 6) is 1.10. The molecule has 2 aromatic carbocycles. The molecule has 0 spiro atoms. The first-order chi connectivity index (χ1) is 13.5. The lowest BCUT2D eigenvalue weighted by atomic mass is 9.94. The predicted molar refractivity (Wildman–Crippen MR) is 114 cm³/mol. The number of thiocarbonyl (C=S) groups is 1. The van der Waals surface area contributed by atoms with Gasteiger partial charge in [0, 0.05) is 5.70 Å². The van der Waals surface area contributed by atoms with E-state index in [1.807, 2.05) is 62.4 Å². The van der Waals surface area contributed by atoms with E-state index in [2.05, 4.69) is 16.0 Å². The van der Waals surface area contributed by atoms with Gasteiger partial charge in [0.1, 0.15) is 11.5 Å². The van der Waals surface area contributed by atoms with Crippen LogP contribution in [0, 0.1) is 0 Å². The molecule has 0 aromatic heterocycles. The maximum Gasteiger partial charge on any atom is 0.255 e. The van der Waals surface area contributed by atoms with Crippen LogP contribution in [0.2, 0.25) is 0 Å². The molecule has 1 heterocycles. The molecule has 1 amide bonds. The van der Waals surface area contributed by atoms with Crippen LogP contribution < -0.4 is 25.4 Å². The van der Waals surface area contributed by atoms with Crippen molar-refractivity contribution in [3.05, 3.63) is 65.4 Å². The molecule has 0 saturated heterocycles. The number of methoxy groups -OCH3 is 1. The smallest absolute Gasteiger partial charge is 0.255 e. The summed E-state index contributed by atoms with van der Waals surface area (Å²) in [6.07, 6.45) is 0. The number of amides is 1. The number of hydrogen-bond donors (Lipinski definition) is 3. The fourth-order valence-electron chi connectivity index (χ4n) is 3.11. The summed E-state index contributed by atoms with van der Waals surface area (Å²) in [6, 6.07) is 14.5. The molecule has 7 heteroatoms. The molecule has 0 bridgehead atoms. The molecule has 0 fully saturated rings. The summed E-state index contributed by atoms with van der Waals surface area (Å²) in [4.78, 5) is 13.2. The highest BCUT2D eigenvalue weighted by atomic mass is 32.1. The van der Waals surface area contributed by atoms with Crippen molar-refractivity contribution in [1.29, 1.82) is 0 Å². The van der Waals surface area contributed by atoms with Crippen LogP contribution in [0.5, 0.6) is 11.5 Å². The normalized spacial score (nSPS) is 16.1. The summed E-state index contributed by atoms with van der Waals surface area (Å²) in [5, 5.41) is 9.66. The maximum absolute atomic E-state index is 13.2. The van der Waals surface area contributed by atoms with Crippen molar-refractivity contribution in [2.75, 3.05) is 19.0 Å². The van der Waals surface area contributed by atoms with Crippen molar-refractivity contribution in [3.63, 3.8) is 0 Å². The van der Waals surface area contributed by atoms with Gasteiger partial charge in [-0.05, 0) is 55.9 Å². The summed E-state index contributed by atoms with van der Waals surface area (Å²) < 4.78 is 10.9. The third kappa shape index (κ3) is 4.26. The minimum Gasteiger partial charge on any atom is -0.497 e. The number of ether oxygens (including phenoxy) is 2. The van der Waals surface area contributed by atoms with E-state index in [0.717, 1.165) is 5.56 Å². The lowest BCUT2D eigenvalue weighted by molar-refractivity contribution is -0.113. The molecular formula is C21H23N3O3S. The molecule has 3 N–H and O–H groups in total. The topological polar surface area (TPSA) is 71.6 Å². The third-order valence-electron chi connectivity index (χ3n) is 4.38. The molecule has 146 valence electrons. The van der Waals surface area contributed by atoms with E-state index >= 15 is 0 Å². The van der Waals surface area contributed by atoms with E-state index in [1.165, 1.54) is 0 Å². The standard InChI is InChI=1S/C21H23N3O3S/c1-4-27-17-11-6-5-10-16(17)23-20(25)18-13(2)22-21(28)24-19(18)14-8-7-9-15(12-14)26-3/h5-12,19H,4H2,1-3H3,(H,23,25)(H2,22,24,28). The van der Waals surface area contributed by atoms with Crippen LogP contribution >= 0.6 is 12.2 Å². The van der Waals surface area contributed by atoms with Crippen molar-refractivity contribution >= 4 is 28.9 Å². The zero-order valence-corrected chi connectivity index (χ0v) is 16.9. The first-order valence-electron chi connectivity index (χ1n) is 8.99. The first kappa shape index (κ1) is 19.7. The molecule has 0 radical (unpaired) electrons. The van der Waals surface area contributed by atoms with Gasteiger partial charge in [0.15, 0.2) is 5.11 Å². The summed E-state index contributed by atoms with van der Waals surface area (Å²) >= 11 is 5.31. The fraction of sp³-hybridized carbons (Fsp3) is 0.238. The van der Waals surface area contributed by atoms with Crippen molar-refractivity contribution in [2.24, 2.45) is 0 Å². The lowest BCUT2D eigenvalue weighted by Crippen LogP contribution is -2.45. The number of nitrogens with one attached hydrogen (secondary N) is 3. The van der Waals surface area contributed by atoms with Gasteiger partial charge >= 0.3 is 0 Å². The van der Waals surface area contributed by atoms with E-state index in [9.17, 15) is 4.79 Å². The molecule has 6 nitrogen and oxygen atoms in total. The highest BCUT2D eigenvalue weighted by Crippen LogP contribution is 2.31. The zero-order valence-electron chi connectivity index (χ0n) is 16.0. The quantitative estimate of drug-likeness (QED) is 0.648. The van der Waals surface area contributed by atoms with Crippen molar-refractivity contribution in [3.8, 4) is 11.5 Å². The molecule has 3 rings (SSSR count). The summed E-state index contributed by atoms with van der Waals surface area (Å²) in [6.45, 7) is 4.25. The molecule has 0 aliphatic carbocycles. The summed E-state index contributed by atoms with van der Waals surface area (Å²) in [5.41, 5.74) is 2.74. The van der Waals surface area contributed by atoms with Crippen LogP contribution in [-0.4, -0.2) is 24.7 Å². The highest BCUT2D eigenvalue weighted by molar-refractivity contribution is 7.80. The zero-order chi connectivity index (χ0) is 20.1. The minimum atomic E-state index is -0.400. The van der Waals surface area contributed by atoms with Gasteiger partial charge in [-0.3, -0.25) is 4.79 Å². The number of benzene rings is 2. The minimum absolute atomic E-state index is 0.236. The van der Waals surface area contributed by atoms with Gasteiger partial charge in [-0.15, -0.1) is 0 Å². The number of rotatable bonds is 6. The third-order valence-corrected chi connectivity index (χ3v) is 4.60. The van der Waals surface area contributed by atoms with E-state index in [1.54, 1.807) is 7.11 Å². The maximum atomic E-state index is 13.2. The van der Waals surface area contributed by atoms with Gasteiger partial charge in [-0.1, -0.05) is 24.3 Å². The molecule has 1 aliphatic rings. The van der Waals surface area contributed by atoms with E-state index < -0.39 is 6.04 Å². The predicted octanol–water partition coefficient (Wildman–Crippen LogP) is 3.53. The van der Waals surface area contributed by atoms with Crippen LogP contribution in [0.4, 0.5) is 5.69 Å². The number of carbonyl (C=O) groups excluding carboxylic acids is 1. The van der Waals surface area contributed by atoms with E-state index in [-0.39, 0.29) is 5.91 Å². The van der Waals surface area contributed by atoms with Crippen LogP contribution in [0.1, 0.15) is 25.5 Å². The molecule has 0 saturated carbocycles. The average Bonchev–Trinajstić information content (AvgIpc) is 2.69. The molecule has 1 aliphatic heterocycles. The Morgan fingerprint density at radius 3 is 2.75 bits per heavy atom. The molecule has 2 aromatic rings. The number of carbonyl (C=O) groups is 1.